The van der Waals surface area contributed by atoms with Crippen molar-refractivity contribution < 1.29 is 47.3 Å². The smallest absolute Gasteiger partial charge is 0.408 e. The van der Waals surface area contributed by atoms with Gasteiger partial charge in [0.25, 0.3) is 5.92 Å². The molecule has 1 fully saturated rings. The number of halogens is 2. The summed E-state index contributed by atoms with van der Waals surface area (Å²) >= 11 is 0. The number of nitrogens with zero attached hydrogens (tertiary/aromatic N) is 1. The molecule has 0 spiro atoms. The van der Waals surface area contributed by atoms with Gasteiger partial charge < -0.3 is 40.7 Å². The standard InChI is InChI=1S/C37H51F2N5O8/c1-25(45)41-24-37(38,39)31(46)28(18-11-12-20-40-34(49)51-23-27-16-9-6-10-17-27)42-32(47)30-19-13-21-44(30)33(48)29(22-26-14-7-5-8-15-26)43-35(50)52-36(2,3)4/h5-10,14-17,28-31,46H,11-13,18-24H2,1-4H3,(H,40,49)(H,41,45)(H,42,47)(H,43,50)/t28?,29-,30+,31?/m1/s1. The van der Waals surface area contributed by atoms with Gasteiger partial charge in [0.15, 0.2) is 0 Å². The molecule has 1 heterocycles. The first-order valence-electron chi connectivity index (χ1n) is 17.4. The van der Waals surface area contributed by atoms with Gasteiger partial charge in [-0.3, -0.25) is 14.4 Å². The number of carbonyl (C=O) groups is 5. The Bertz CT molecular complexity index is 1480. The first kappa shape index (κ1) is 41.6. The summed E-state index contributed by atoms with van der Waals surface area (Å²) in [7, 11) is 0. The Labute approximate surface area is 303 Å². The molecule has 5 amide bonds. The minimum absolute atomic E-state index is 0.0705. The first-order chi connectivity index (χ1) is 24.6. The highest BCUT2D eigenvalue weighted by Crippen LogP contribution is 2.25. The van der Waals surface area contributed by atoms with Crippen molar-refractivity contribution >= 4 is 29.9 Å². The van der Waals surface area contributed by atoms with Crippen molar-refractivity contribution in [3.63, 3.8) is 0 Å². The Morgan fingerprint density at radius 2 is 1.54 bits per heavy atom. The Kier molecular flexibility index (Phi) is 15.8. The number of nitrogens with one attached hydrogen (secondary N) is 4. The minimum atomic E-state index is -3.81. The quantitative estimate of drug-likeness (QED) is 0.153. The number of hydrogen-bond acceptors (Lipinski definition) is 8. The van der Waals surface area contributed by atoms with Crippen LogP contribution >= 0.6 is 0 Å². The summed E-state index contributed by atoms with van der Waals surface area (Å²) < 4.78 is 40.8. The van der Waals surface area contributed by atoms with Gasteiger partial charge >= 0.3 is 12.2 Å². The molecular weight excluding hydrogens is 680 g/mol. The monoisotopic (exact) mass is 731 g/mol. The van der Waals surface area contributed by atoms with Crippen molar-refractivity contribution in [3.8, 4) is 0 Å². The van der Waals surface area contributed by atoms with E-state index in [1.54, 1.807) is 57.2 Å². The zero-order valence-electron chi connectivity index (χ0n) is 30.2. The number of aliphatic hydroxyl groups excluding tert-OH is 1. The number of carbonyl (C=O) groups excluding carboxylic acids is 5. The van der Waals surface area contributed by atoms with Gasteiger partial charge in [0.2, 0.25) is 17.7 Å². The van der Waals surface area contributed by atoms with E-state index < -0.39 is 72.2 Å². The van der Waals surface area contributed by atoms with Crippen LogP contribution in [-0.2, 0) is 36.9 Å². The van der Waals surface area contributed by atoms with Gasteiger partial charge in [0, 0.05) is 26.4 Å². The highest BCUT2D eigenvalue weighted by molar-refractivity contribution is 5.92. The fourth-order valence-corrected chi connectivity index (χ4v) is 5.69. The van der Waals surface area contributed by atoms with Gasteiger partial charge in [-0.25, -0.2) is 18.4 Å². The maximum absolute atomic E-state index is 15.1. The van der Waals surface area contributed by atoms with E-state index in [1.807, 2.05) is 29.6 Å². The molecule has 0 saturated carbocycles. The summed E-state index contributed by atoms with van der Waals surface area (Å²) in [5.41, 5.74) is 0.722. The van der Waals surface area contributed by atoms with Crippen LogP contribution in [0.15, 0.2) is 60.7 Å². The molecule has 0 aromatic heterocycles. The van der Waals surface area contributed by atoms with E-state index >= 15 is 8.78 Å². The topological polar surface area (TPSA) is 175 Å². The maximum Gasteiger partial charge on any atom is 0.408 e. The average molecular weight is 732 g/mol. The molecular formula is C37H51F2N5O8. The molecule has 52 heavy (non-hydrogen) atoms. The van der Waals surface area contributed by atoms with Crippen molar-refractivity contribution in [1.29, 1.82) is 0 Å². The summed E-state index contributed by atoms with van der Waals surface area (Å²) in [5, 5.41) is 20.6. The van der Waals surface area contributed by atoms with Gasteiger partial charge in [-0.15, -0.1) is 0 Å². The number of amides is 5. The largest absolute Gasteiger partial charge is 0.445 e. The molecule has 15 heteroatoms. The van der Waals surface area contributed by atoms with E-state index in [2.05, 4.69) is 16.0 Å². The van der Waals surface area contributed by atoms with Crippen LogP contribution in [0.3, 0.4) is 0 Å². The van der Waals surface area contributed by atoms with Crippen molar-refractivity contribution in [2.45, 2.75) is 109 Å². The van der Waals surface area contributed by atoms with Crippen LogP contribution in [0.1, 0.15) is 70.9 Å². The van der Waals surface area contributed by atoms with E-state index in [0.29, 0.717) is 12.8 Å². The number of rotatable bonds is 17. The predicted octanol–water partition coefficient (Wildman–Crippen LogP) is 3.83. The van der Waals surface area contributed by atoms with E-state index in [4.69, 9.17) is 9.47 Å². The average Bonchev–Trinajstić information content (AvgIpc) is 3.59. The Hall–Kier alpha value is -4.79. The van der Waals surface area contributed by atoms with Gasteiger partial charge in [-0.2, -0.15) is 0 Å². The molecule has 286 valence electrons. The molecule has 5 N–H and O–H groups in total. The van der Waals surface area contributed by atoms with E-state index in [1.165, 1.54) is 4.90 Å². The van der Waals surface area contributed by atoms with Crippen LogP contribution in [0.2, 0.25) is 0 Å². The van der Waals surface area contributed by atoms with Gasteiger partial charge in [0.1, 0.15) is 30.4 Å². The lowest BCUT2D eigenvalue weighted by molar-refractivity contribution is -0.144. The zero-order valence-corrected chi connectivity index (χ0v) is 30.2. The molecule has 4 atom stereocenters. The Balaban J connectivity index is 1.68. The van der Waals surface area contributed by atoms with Crippen molar-refractivity contribution in [3.05, 3.63) is 71.8 Å². The number of aliphatic hydroxyl groups is 1. The van der Waals surface area contributed by atoms with E-state index in [-0.39, 0.29) is 45.4 Å². The van der Waals surface area contributed by atoms with Crippen LogP contribution in [-0.4, -0.2) is 95.3 Å². The van der Waals surface area contributed by atoms with Crippen molar-refractivity contribution in [1.82, 2.24) is 26.2 Å². The third-order valence-corrected chi connectivity index (χ3v) is 8.25. The first-order valence-corrected chi connectivity index (χ1v) is 17.4. The van der Waals surface area contributed by atoms with Crippen molar-refractivity contribution in [2.24, 2.45) is 0 Å². The second-order valence-corrected chi connectivity index (χ2v) is 13.8. The summed E-state index contributed by atoms with van der Waals surface area (Å²) in [6.45, 7) is 5.35. The molecule has 0 radical (unpaired) electrons. The highest BCUT2D eigenvalue weighted by atomic mass is 19.3. The second-order valence-electron chi connectivity index (χ2n) is 13.8. The van der Waals surface area contributed by atoms with E-state index in [9.17, 15) is 29.1 Å². The van der Waals surface area contributed by atoms with Crippen LogP contribution in [0.4, 0.5) is 18.4 Å². The Morgan fingerprint density at radius 3 is 2.15 bits per heavy atom. The number of ether oxygens (including phenoxy) is 2. The normalized spacial score (nSPS) is 16.2. The summed E-state index contributed by atoms with van der Waals surface area (Å²) in [5.74, 6) is -5.83. The number of likely N-dealkylation sites (tertiary alicyclic amines) is 1. The molecule has 2 aromatic carbocycles. The zero-order chi connectivity index (χ0) is 38.3. The number of benzene rings is 2. The molecule has 2 aromatic rings. The summed E-state index contributed by atoms with van der Waals surface area (Å²) in [6.07, 6.45) is -2.69. The van der Waals surface area contributed by atoms with Crippen molar-refractivity contribution in [2.75, 3.05) is 19.6 Å². The lowest BCUT2D eigenvalue weighted by Gasteiger charge is -2.33. The molecule has 3 rings (SSSR count). The van der Waals surface area contributed by atoms with Crippen LogP contribution in [0, 0.1) is 0 Å². The third-order valence-electron chi connectivity index (χ3n) is 8.25. The fraction of sp³-hybridized carbons (Fsp3) is 0.541. The minimum Gasteiger partial charge on any atom is -0.445 e. The van der Waals surface area contributed by atoms with Gasteiger partial charge in [-0.1, -0.05) is 60.7 Å². The maximum atomic E-state index is 15.1. The van der Waals surface area contributed by atoms with Gasteiger partial charge in [0.05, 0.1) is 12.6 Å². The lowest BCUT2D eigenvalue weighted by Crippen LogP contribution is -2.59. The van der Waals surface area contributed by atoms with Crippen LogP contribution < -0.4 is 21.3 Å². The van der Waals surface area contributed by atoms with Crippen LogP contribution in [0.5, 0.6) is 0 Å². The Morgan fingerprint density at radius 1 is 0.904 bits per heavy atom. The number of hydrogen-bond donors (Lipinski definition) is 5. The second kappa shape index (κ2) is 19.7. The SMILES string of the molecule is CC(=O)NCC(F)(F)C(O)C(CCCCNC(=O)OCc1ccccc1)NC(=O)[C@@H]1CCCN1C(=O)[C@@H](Cc1ccccc1)NC(=O)OC(C)(C)C. The molecule has 0 aliphatic carbocycles. The molecule has 1 saturated heterocycles. The third kappa shape index (κ3) is 14.1. The molecule has 0 bridgehead atoms. The summed E-state index contributed by atoms with van der Waals surface area (Å²) in [4.78, 5) is 65.2. The van der Waals surface area contributed by atoms with E-state index in [0.717, 1.165) is 18.1 Å². The van der Waals surface area contributed by atoms with Crippen LogP contribution in [0.25, 0.3) is 0 Å². The molecule has 2 unspecified atom stereocenters. The number of unbranched alkanes of at least 4 members (excludes halogenated alkanes) is 1. The fourth-order valence-electron chi connectivity index (χ4n) is 5.69. The predicted molar refractivity (Wildman–Crippen MR) is 188 cm³/mol. The van der Waals surface area contributed by atoms with Gasteiger partial charge in [-0.05, 0) is 64.0 Å². The number of alkyl halides is 2. The highest BCUT2D eigenvalue weighted by Gasteiger charge is 2.45. The molecule has 1 aliphatic heterocycles. The lowest BCUT2D eigenvalue weighted by atomic mass is 9.97. The number of alkyl carbamates (subject to hydrolysis) is 2. The molecule has 13 nitrogen and oxygen atoms in total. The molecule has 1 aliphatic rings. The summed E-state index contributed by atoms with van der Waals surface area (Å²) in [6, 6.07) is 14.4.